The van der Waals surface area contributed by atoms with Crippen LogP contribution in [0.25, 0.3) is 0 Å². The zero-order valence-corrected chi connectivity index (χ0v) is 11.9. The Morgan fingerprint density at radius 2 is 1.90 bits per heavy atom. The molecule has 2 aromatic rings. The molecule has 21 heavy (non-hydrogen) atoms. The largest absolute Gasteiger partial charge is 0.496 e. The van der Waals surface area contributed by atoms with Gasteiger partial charge in [0.2, 0.25) is 0 Å². The van der Waals surface area contributed by atoms with Crippen molar-refractivity contribution in [3.8, 4) is 11.5 Å². The summed E-state index contributed by atoms with van der Waals surface area (Å²) >= 11 is 0. The summed E-state index contributed by atoms with van der Waals surface area (Å²) in [6.45, 7) is 0.458. The highest BCUT2D eigenvalue weighted by atomic mass is 16.5. The molecular formula is C17H18O4. The highest BCUT2D eigenvalue weighted by Crippen LogP contribution is 2.22. The summed E-state index contributed by atoms with van der Waals surface area (Å²) in [5, 5.41) is 8.87. The van der Waals surface area contributed by atoms with E-state index in [2.05, 4.69) is 0 Å². The zero-order chi connectivity index (χ0) is 15.1. The van der Waals surface area contributed by atoms with E-state index in [1.165, 1.54) is 0 Å². The number of hydrogen-bond acceptors (Lipinski definition) is 4. The molecule has 0 aliphatic heterocycles. The molecule has 4 heteroatoms. The number of carbonyl (C=O) groups excluding carboxylic acids is 1. The van der Waals surface area contributed by atoms with Crippen LogP contribution in [0.15, 0.2) is 42.5 Å². The van der Waals surface area contributed by atoms with Gasteiger partial charge in [0.05, 0.1) is 7.11 Å². The van der Waals surface area contributed by atoms with E-state index in [4.69, 9.17) is 14.6 Å². The lowest BCUT2D eigenvalue weighted by Crippen LogP contribution is -2.00. The molecule has 110 valence electrons. The number of hydrogen-bond donors (Lipinski definition) is 1. The van der Waals surface area contributed by atoms with Crippen LogP contribution in [0.2, 0.25) is 0 Å². The average Bonchev–Trinajstić information content (AvgIpc) is 2.54. The maximum absolute atomic E-state index is 10.8. The van der Waals surface area contributed by atoms with E-state index >= 15 is 0 Å². The summed E-state index contributed by atoms with van der Waals surface area (Å²) in [6.07, 6.45) is 1.43. The molecule has 0 aromatic heterocycles. The Kier molecular flexibility index (Phi) is 5.35. The Balaban J connectivity index is 2.06. The number of ether oxygens (including phenoxy) is 2. The number of aldehydes is 1. The Hall–Kier alpha value is -2.33. The molecular weight excluding hydrogens is 268 g/mol. The summed E-state index contributed by atoms with van der Waals surface area (Å²) in [5.41, 5.74) is 2.47. The van der Waals surface area contributed by atoms with Gasteiger partial charge in [-0.25, -0.2) is 0 Å². The van der Waals surface area contributed by atoms with Crippen molar-refractivity contribution in [2.24, 2.45) is 0 Å². The number of methoxy groups -OCH3 is 1. The summed E-state index contributed by atoms with van der Waals surface area (Å²) in [4.78, 5) is 10.8. The lowest BCUT2D eigenvalue weighted by Gasteiger charge is -2.11. The van der Waals surface area contributed by atoms with Crippen molar-refractivity contribution < 1.29 is 19.4 Å². The monoisotopic (exact) mass is 286 g/mol. The van der Waals surface area contributed by atoms with Gasteiger partial charge in [-0.3, -0.25) is 4.79 Å². The van der Waals surface area contributed by atoms with Crippen LogP contribution in [0.1, 0.15) is 21.5 Å². The fourth-order valence-electron chi connectivity index (χ4n) is 2.03. The minimum Gasteiger partial charge on any atom is -0.496 e. The van der Waals surface area contributed by atoms with E-state index in [1.807, 2.05) is 24.3 Å². The highest BCUT2D eigenvalue weighted by Gasteiger charge is 2.05. The molecule has 0 fully saturated rings. The Bertz CT molecular complexity index is 590. The van der Waals surface area contributed by atoms with Crippen molar-refractivity contribution in [3.05, 3.63) is 59.2 Å². The van der Waals surface area contributed by atoms with E-state index < -0.39 is 0 Å². The van der Waals surface area contributed by atoms with Crippen LogP contribution in [-0.4, -0.2) is 25.1 Å². The SMILES string of the molecule is COc1ccc(C=O)cc1COc1ccc(CCO)cc1. The third kappa shape index (κ3) is 4.07. The van der Waals surface area contributed by atoms with Gasteiger partial charge in [-0.2, -0.15) is 0 Å². The zero-order valence-electron chi connectivity index (χ0n) is 11.9. The van der Waals surface area contributed by atoms with Crippen LogP contribution in [-0.2, 0) is 13.0 Å². The molecule has 0 saturated heterocycles. The van der Waals surface area contributed by atoms with Crippen molar-refractivity contribution in [2.75, 3.05) is 13.7 Å². The van der Waals surface area contributed by atoms with E-state index in [0.29, 0.717) is 24.3 Å². The number of benzene rings is 2. The summed E-state index contributed by atoms with van der Waals surface area (Å²) < 4.78 is 11.0. The van der Waals surface area contributed by atoms with Gasteiger partial charge in [-0.15, -0.1) is 0 Å². The van der Waals surface area contributed by atoms with E-state index in [-0.39, 0.29) is 6.61 Å². The van der Waals surface area contributed by atoms with Crippen LogP contribution >= 0.6 is 0 Å². The van der Waals surface area contributed by atoms with Gasteiger partial charge >= 0.3 is 0 Å². The third-order valence-corrected chi connectivity index (χ3v) is 3.16. The van der Waals surface area contributed by atoms with Crippen LogP contribution < -0.4 is 9.47 Å². The van der Waals surface area contributed by atoms with Crippen molar-refractivity contribution in [2.45, 2.75) is 13.0 Å². The molecule has 0 bridgehead atoms. The summed E-state index contributed by atoms with van der Waals surface area (Å²) in [6, 6.07) is 12.8. The normalized spacial score (nSPS) is 10.2. The van der Waals surface area contributed by atoms with Crippen molar-refractivity contribution >= 4 is 6.29 Å². The first-order valence-corrected chi connectivity index (χ1v) is 6.71. The van der Waals surface area contributed by atoms with Gasteiger partial charge in [-0.05, 0) is 42.3 Å². The minimum atomic E-state index is 0.135. The van der Waals surface area contributed by atoms with Gasteiger partial charge in [-0.1, -0.05) is 12.1 Å². The van der Waals surface area contributed by atoms with Gasteiger partial charge in [0.25, 0.3) is 0 Å². The topological polar surface area (TPSA) is 55.8 Å². The first-order chi connectivity index (χ1) is 10.3. The number of aliphatic hydroxyl groups excluding tert-OH is 1. The number of aliphatic hydroxyl groups is 1. The average molecular weight is 286 g/mol. The predicted molar refractivity (Wildman–Crippen MR) is 79.9 cm³/mol. The third-order valence-electron chi connectivity index (χ3n) is 3.16. The van der Waals surface area contributed by atoms with E-state index in [9.17, 15) is 4.79 Å². The van der Waals surface area contributed by atoms with Crippen LogP contribution in [0.5, 0.6) is 11.5 Å². The first-order valence-electron chi connectivity index (χ1n) is 6.71. The number of carbonyl (C=O) groups is 1. The molecule has 2 rings (SSSR count). The lowest BCUT2D eigenvalue weighted by molar-refractivity contribution is 0.112. The maximum Gasteiger partial charge on any atom is 0.150 e. The molecule has 1 N–H and O–H groups in total. The molecule has 0 radical (unpaired) electrons. The van der Waals surface area contributed by atoms with Crippen LogP contribution in [0, 0.1) is 0 Å². The Labute approximate surface area is 123 Å². The maximum atomic E-state index is 10.8. The molecule has 0 saturated carbocycles. The van der Waals surface area contributed by atoms with Gasteiger partial charge in [0.1, 0.15) is 24.4 Å². The molecule has 0 aliphatic carbocycles. The standard InChI is InChI=1S/C17H18O4/c1-20-17-7-4-14(11-19)10-15(17)12-21-16-5-2-13(3-6-16)8-9-18/h2-7,10-11,18H,8-9,12H2,1H3. The molecule has 0 spiro atoms. The van der Waals surface area contributed by atoms with Crippen molar-refractivity contribution in [1.29, 1.82) is 0 Å². The van der Waals surface area contributed by atoms with E-state index in [1.54, 1.807) is 25.3 Å². The fraction of sp³-hybridized carbons (Fsp3) is 0.235. The predicted octanol–water partition coefficient (Wildman–Crippen LogP) is 2.62. The molecule has 0 atom stereocenters. The molecule has 2 aromatic carbocycles. The summed E-state index contributed by atoms with van der Waals surface area (Å²) in [7, 11) is 1.59. The quantitative estimate of drug-likeness (QED) is 0.795. The van der Waals surface area contributed by atoms with Gasteiger partial charge in [0, 0.05) is 17.7 Å². The van der Waals surface area contributed by atoms with Gasteiger partial charge < -0.3 is 14.6 Å². The molecule has 0 unspecified atom stereocenters. The first kappa shape index (κ1) is 15.1. The highest BCUT2D eigenvalue weighted by molar-refractivity contribution is 5.75. The number of rotatable bonds is 7. The summed E-state index contributed by atoms with van der Waals surface area (Å²) in [5.74, 6) is 1.42. The second-order valence-corrected chi connectivity index (χ2v) is 4.60. The minimum absolute atomic E-state index is 0.135. The second kappa shape index (κ2) is 7.45. The lowest BCUT2D eigenvalue weighted by atomic mass is 10.1. The Morgan fingerprint density at radius 1 is 1.14 bits per heavy atom. The molecule has 0 aliphatic rings. The molecule has 0 heterocycles. The van der Waals surface area contributed by atoms with Gasteiger partial charge in [0.15, 0.2) is 0 Å². The van der Waals surface area contributed by atoms with Crippen molar-refractivity contribution in [1.82, 2.24) is 0 Å². The smallest absolute Gasteiger partial charge is 0.150 e. The van der Waals surface area contributed by atoms with Crippen LogP contribution in [0.3, 0.4) is 0 Å². The fourth-order valence-corrected chi connectivity index (χ4v) is 2.03. The second-order valence-electron chi connectivity index (χ2n) is 4.60. The molecule has 4 nitrogen and oxygen atoms in total. The van der Waals surface area contributed by atoms with Crippen molar-refractivity contribution in [3.63, 3.8) is 0 Å². The molecule has 0 amide bonds. The Morgan fingerprint density at radius 3 is 2.52 bits per heavy atom. The van der Waals surface area contributed by atoms with Crippen LogP contribution in [0.4, 0.5) is 0 Å². The van der Waals surface area contributed by atoms with E-state index in [0.717, 1.165) is 23.2 Å².